The number of aromatic nitrogens is 2. The molecule has 114 valence electrons. The Labute approximate surface area is 124 Å². The van der Waals surface area contributed by atoms with Crippen LogP contribution in [0.25, 0.3) is 11.4 Å². The Hall–Kier alpha value is -1.92. The molecule has 0 bridgehead atoms. The Bertz CT molecular complexity index is 552. The van der Waals surface area contributed by atoms with E-state index in [2.05, 4.69) is 28.9 Å². The van der Waals surface area contributed by atoms with Gasteiger partial charge in [0.15, 0.2) is 0 Å². The molecule has 21 heavy (non-hydrogen) atoms. The molecule has 0 saturated heterocycles. The van der Waals surface area contributed by atoms with Gasteiger partial charge in [0.05, 0.1) is 20.3 Å². The second-order valence-corrected chi connectivity index (χ2v) is 5.03. The third-order valence-corrected chi connectivity index (χ3v) is 3.27. The third-order valence-electron chi connectivity index (χ3n) is 3.27. The van der Waals surface area contributed by atoms with Gasteiger partial charge in [-0.15, -0.1) is 0 Å². The van der Waals surface area contributed by atoms with Crippen LogP contribution in [0.15, 0.2) is 28.8 Å². The number of hydrogen-bond acceptors (Lipinski definition) is 6. The van der Waals surface area contributed by atoms with Crippen molar-refractivity contribution in [2.45, 2.75) is 26.4 Å². The second-order valence-electron chi connectivity index (χ2n) is 5.03. The Kier molecular flexibility index (Phi) is 5.30. The van der Waals surface area contributed by atoms with Gasteiger partial charge in [-0.2, -0.15) is 4.98 Å². The van der Waals surface area contributed by atoms with E-state index < -0.39 is 0 Å². The van der Waals surface area contributed by atoms with Crippen LogP contribution in [0, 0.1) is 0 Å². The zero-order chi connectivity index (χ0) is 15.2. The van der Waals surface area contributed by atoms with Crippen molar-refractivity contribution in [3.63, 3.8) is 0 Å². The highest BCUT2D eigenvalue weighted by Gasteiger charge is 2.15. The molecule has 6 nitrogen and oxygen atoms in total. The molecule has 1 heterocycles. The zero-order valence-corrected chi connectivity index (χ0v) is 12.6. The molecule has 0 saturated carbocycles. The largest absolute Gasteiger partial charge is 0.497 e. The Morgan fingerprint density at radius 1 is 1.29 bits per heavy atom. The van der Waals surface area contributed by atoms with Gasteiger partial charge in [-0.05, 0) is 38.1 Å². The maximum Gasteiger partial charge on any atom is 0.241 e. The molecular weight excluding hydrogens is 270 g/mol. The summed E-state index contributed by atoms with van der Waals surface area (Å²) in [6.45, 7) is 5.35. The summed E-state index contributed by atoms with van der Waals surface area (Å²) in [5.41, 5.74) is 0.879. The lowest BCUT2D eigenvalue weighted by molar-refractivity contribution is 0.144. The van der Waals surface area contributed by atoms with Crippen molar-refractivity contribution in [3.8, 4) is 17.1 Å². The molecule has 0 aliphatic heterocycles. The highest BCUT2D eigenvalue weighted by molar-refractivity contribution is 5.55. The number of nitrogens with zero attached hydrogens (tertiary/aromatic N) is 3. The van der Waals surface area contributed by atoms with Gasteiger partial charge < -0.3 is 14.4 Å². The fourth-order valence-corrected chi connectivity index (χ4v) is 2.00. The van der Waals surface area contributed by atoms with Crippen LogP contribution in [-0.2, 0) is 6.54 Å². The number of aliphatic hydroxyl groups excluding tert-OH is 1. The quantitative estimate of drug-likeness (QED) is 0.840. The monoisotopic (exact) mass is 291 g/mol. The van der Waals surface area contributed by atoms with Gasteiger partial charge in [0.2, 0.25) is 11.7 Å². The Morgan fingerprint density at radius 3 is 2.57 bits per heavy atom. The minimum Gasteiger partial charge on any atom is -0.497 e. The summed E-state index contributed by atoms with van der Waals surface area (Å²) < 4.78 is 10.4. The lowest BCUT2D eigenvalue weighted by Gasteiger charge is -2.23. The fourth-order valence-electron chi connectivity index (χ4n) is 2.00. The lowest BCUT2D eigenvalue weighted by Crippen LogP contribution is -2.33. The van der Waals surface area contributed by atoms with E-state index in [1.165, 1.54) is 0 Å². The molecule has 0 atom stereocenters. The smallest absolute Gasteiger partial charge is 0.241 e. The van der Waals surface area contributed by atoms with Gasteiger partial charge in [0.25, 0.3) is 0 Å². The third kappa shape index (κ3) is 4.03. The molecule has 0 radical (unpaired) electrons. The predicted octanol–water partition coefficient (Wildman–Crippen LogP) is 1.95. The molecule has 2 rings (SSSR count). The Balaban J connectivity index is 2.09. The first kappa shape index (κ1) is 15.5. The normalized spacial score (nSPS) is 11.3. The van der Waals surface area contributed by atoms with Crippen LogP contribution in [0.4, 0.5) is 0 Å². The van der Waals surface area contributed by atoms with Crippen molar-refractivity contribution in [2.75, 3.05) is 20.3 Å². The van der Waals surface area contributed by atoms with Gasteiger partial charge in [-0.25, -0.2) is 0 Å². The van der Waals surface area contributed by atoms with E-state index in [0.717, 1.165) is 11.3 Å². The molecule has 1 aromatic carbocycles. The summed E-state index contributed by atoms with van der Waals surface area (Å²) in [7, 11) is 1.63. The summed E-state index contributed by atoms with van der Waals surface area (Å²) in [6.07, 6.45) is 0. The highest BCUT2D eigenvalue weighted by atomic mass is 16.5. The summed E-state index contributed by atoms with van der Waals surface area (Å²) in [5, 5.41) is 13.1. The van der Waals surface area contributed by atoms with E-state index in [9.17, 15) is 0 Å². The van der Waals surface area contributed by atoms with Crippen LogP contribution in [-0.4, -0.2) is 46.5 Å². The molecule has 0 amide bonds. The number of hydrogen-bond donors (Lipinski definition) is 1. The van der Waals surface area contributed by atoms with Crippen LogP contribution >= 0.6 is 0 Å². The molecule has 0 unspecified atom stereocenters. The molecule has 0 aliphatic rings. The summed E-state index contributed by atoms with van der Waals surface area (Å²) in [5.74, 6) is 1.89. The number of benzene rings is 1. The van der Waals surface area contributed by atoms with E-state index in [4.69, 9.17) is 14.4 Å². The van der Waals surface area contributed by atoms with Crippen molar-refractivity contribution in [1.29, 1.82) is 0 Å². The first-order valence-corrected chi connectivity index (χ1v) is 6.96. The van der Waals surface area contributed by atoms with Gasteiger partial charge in [-0.3, -0.25) is 4.90 Å². The van der Waals surface area contributed by atoms with E-state index in [1.807, 2.05) is 24.3 Å². The molecule has 0 aliphatic carbocycles. The SMILES string of the molecule is COc1ccc(-c2noc(CN(CCO)C(C)C)n2)cc1. The van der Waals surface area contributed by atoms with E-state index in [1.54, 1.807) is 7.11 Å². The molecule has 6 heteroatoms. The first-order chi connectivity index (χ1) is 10.1. The second kappa shape index (κ2) is 7.19. The zero-order valence-electron chi connectivity index (χ0n) is 12.6. The average molecular weight is 291 g/mol. The minimum atomic E-state index is 0.109. The van der Waals surface area contributed by atoms with Crippen molar-refractivity contribution in [3.05, 3.63) is 30.2 Å². The van der Waals surface area contributed by atoms with Crippen LogP contribution in [0.5, 0.6) is 5.75 Å². The van der Waals surface area contributed by atoms with Gasteiger partial charge >= 0.3 is 0 Å². The molecule has 1 N–H and O–H groups in total. The summed E-state index contributed by atoms with van der Waals surface area (Å²) >= 11 is 0. The standard InChI is InChI=1S/C15H21N3O3/c1-11(2)18(8-9-19)10-14-16-15(17-21-14)12-4-6-13(20-3)7-5-12/h4-7,11,19H,8-10H2,1-3H3. The van der Waals surface area contributed by atoms with Gasteiger partial charge in [-0.1, -0.05) is 5.16 Å². The molecule has 1 aromatic heterocycles. The van der Waals surface area contributed by atoms with Crippen molar-refractivity contribution in [1.82, 2.24) is 15.0 Å². The number of ether oxygens (including phenoxy) is 1. The lowest BCUT2D eigenvalue weighted by atomic mass is 10.2. The summed E-state index contributed by atoms with van der Waals surface area (Å²) in [4.78, 5) is 6.47. The maximum absolute atomic E-state index is 9.08. The van der Waals surface area contributed by atoms with Crippen molar-refractivity contribution in [2.24, 2.45) is 0 Å². The van der Waals surface area contributed by atoms with Crippen molar-refractivity contribution < 1.29 is 14.4 Å². The fraction of sp³-hybridized carbons (Fsp3) is 0.467. The number of aliphatic hydroxyl groups is 1. The first-order valence-electron chi connectivity index (χ1n) is 6.96. The van der Waals surface area contributed by atoms with Crippen molar-refractivity contribution >= 4 is 0 Å². The minimum absolute atomic E-state index is 0.109. The van der Waals surface area contributed by atoms with E-state index in [0.29, 0.717) is 30.8 Å². The van der Waals surface area contributed by atoms with Crippen LogP contribution in [0.1, 0.15) is 19.7 Å². The van der Waals surface area contributed by atoms with E-state index >= 15 is 0 Å². The Morgan fingerprint density at radius 2 is 2.00 bits per heavy atom. The van der Waals surface area contributed by atoms with Crippen LogP contribution < -0.4 is 4.74 Å². The number of rotatable bonds is 7. The van der Waals surface area contributed by atoms with Crippen LogP contribution in [0.2, 0.25) is 0 Å². The average Bonchev–Trinajstić information content (AvgIpc) is 2.95. The highest BCUT2D eigenvalue weighted by Crippen LogP contribution is 2.20. The van der Waals surface area contributed by atoms with Gasteiger partial charge in [0.1, 0.15) is 5.75 Å². The molecule has 2 aromatic rings. The molecule has 0 fully saturated rings. The maximum atomic E-state index is 9.08. The topological polar surface area (TPSA) is 71.6 Å². The van der Waals surface area contributed by atoms with E-state index in [-0.39, 0.29) is 6.61 Å². The number of methoxy groups -OCH3 is 1. The van der Waals surface area contributed by atoms with Crippen LogP contribution in [0.3, 0.4) is 0 Å². The molecule has 0 spiro atoms. The van der Waals surface area contributed by atoms with Gasteiger partial charge in [0, 0.05) is 18.2 Å². The summed E-state index contributed by atoms with van der Waals surface area (Å²) in [6, 6.07) is 7.80. The molecular formula is C15H21N3O3. The predicted molar refractivity (Wildman–Crippen MR) is 78.9 cm³/mol.